The molecule has 0 bridgehead atoms. The van der Waals surface area contributed by atoms with Gasteiger partial charge in [-0.05, 0) is 55.8 Å². The summed E-state index contributed by atoms with van der Waals surface area (Å²) in [6, 6.07) is 40.1. The molecule has 1 heterocycles. The highest BCUT2D eigenvalue weighted by Gasteiger charge is 2.52. The van der Waals surface area contributed by atoms with Gasteiger partial charge in [-0.2, -0.15) is 0 Å². The fraction of sp³-hybridized carbons (Fsp3) is 0.0312. The van der Waals surface area contributed by atoms with Gasteiger partial charge in [0.25, 0.3) is 0 Å². The van der Waals surface area contributed by atoms with Crippen molar-refractivity contribution < 1.29 is 0 Å². The standard InChI is InChI=1S/C32H19N/c1-2-13-23-20(10-1)24-15-9-19-33-31(24)29-25-14-5-8-18-28(25)32(30(23)29)26-16-6-3-11-21(26)22-12-4-7-17-27(22)32/h1-19H. The summed E-state index contributed by atoms with van der Waals surface area (Å²) < 4.78 is 0. The zero-order chi connectivity index (χ0) is 21.6. The molecule has 1 aromatic heterocycles. The second-order valence-corrected chi connectivity index (χ2v) is 9.08. The summed E-state index contributed by atoms with van der Waals surface area (Å²) in [4.78, 5) is 4.97. The molecule has 0 atom stereocenters. The molecule has 2 aliphatic rings. The molecule has 5 aromatic carbocycles. The van der Waals surface area contributed by atoms with Crippen LogP contribution in [0.1, 0.15) is 22.3 Å². The first-order valence-electron chi connectivity index (χ1n) is 11.5. The van der Waals surface area contributed by atoms with E-state index in [4.69, 9.17) is 4.98 Å². The Hall–Kier alpha value is -4.23. The molecular weight excluding hydrogens is 398 g/mol. The monoisotopic (exact) mass is 417 g/mol. The van der Waals surface area contributed by atoms with Crippen molar-refractivity contribution in [2.45, 2.75) is 5.41 Å². The Kier molecular flexibility index (Phi) is 3.13. The van der Waals surface area contributed by atoms with Crippen LogP contribution in [0.15, 0.2) is 115 Å². The van der Waals surface area contributed by atoms with E-state index in [1.54, 1.807) is 0 Å². The Labute approximate surface area is 192 Å². The normalized spacial score (nSPS) is 14.3. The van der Waals surface area contributed by atoms with E-state index in [0.29, 0.717) is 0 Å². The Bertz CT molecular complexity index is 1730. The lowest BCUT2D eigenvalue weighted by molar-refractivity contribution is 0.801. The highest BCUT2D eigenvalue weighted by atomic mass is 14.7. The maximum atomic E-state index is 4.97. The Morgan fingerprint density at radius 3 is 1.67 bits per heavy atom. The van der Waals surface area contributed by atoms with Crippen LogP contribution in [-0.2, 0) is 5.41 Å². The van der Waals surface area contributed by atoms with E-state index in [-0.39, 0.29) is 5.41 Å². The molecule has 0 unspecified atom stereocenters. The molecule has 1 spiro atoms. The van der Waals surface area contributed by atoms with Crippen molar-refractivity contribution in [1.82, 2.24) is 4.98 Å². The molecular formula is C32H19N. The summed E-state index contributed by atoms with van der Waals surface area (Å²) in [7, 11) is 0. The molecule has 1 heteroatoms. The number of fused-ring (bicyclic) bond motifs is 15. The lowest BCUT2D eigenvalue weighted by atomic mass is 9.69. The first-order chi connectivity index (χ1) is 16.4. The molecule has 8 rings (SSSR count). The van der Waals surface area contributed by atoms with Crippen LogP contribution in [0.4, 0.5) is 0 Å². The van der Waals surface area contributed by atoms with Crippen molar-refractivity contribution in [2.24, 2.45) is 0 Å². The van der Waals surface area contributed by atoms with E-state index < -0.39 is 0 Å². The van der Waals surface area contributed by atoms with Crippen molar-refractivity contribution in [2.75, 3.05) is 0 Å². The van der Waals surface area contributed by atoms with Gasteiger partial charge < -0.3 is 0 Å². The molecule has 33 heavy (non-hydrogen) atoms. The maximum Gasteiger partial charge on any atom is 0.0790 e. The van der Waals surface area contributed by atoms with Gasteiger partial charge in [-0.3, -0.25) is 4.98 Å². The minimum atomic E-state index is -0.343. The van der Waals surface area contributed by atoms with E-state index >= 15 is 0 Å². The van der Waals surface area contributed by atoms with Crippen LogP contribution in [0.3, 0.4) is 0 Å². The summed E-state index contributed by atoms with van der Waals surface area (Å²) in [6.07, 6.45) is 1.93. The van der Waals surface area contributed by atoms with E-state index in [1.807, 2.05) is 6.20 Å². The van der Waals surface area contributed by atoms with E-state index in [9.17, 15) is 0 Å². The third kappa shape index (κ3) is 1.89. The quantitative estimate of drug-likeness (QED) is 0.230. The molecule has 0 N–H and O–H groups in total. The van der Waals surface area contributed by atoms with Crippen molar-refractivity contribution >= 4 is 21.7 Å². The van der Waals surface area contributed by atoms with E-state index in [0.717, 1.165) is 5.52 Å². The predicted octanol–water partition coefficient (Wildman–Crippen LogP) is 7.73. The Morgan fingerprint density at radius 1 is 0.455 bits per heavy atom. The van der Waals surface area contributed by atoms with Gasteiger partial charge in [0.1, 0.15) is 0 Å². The summed E-state index contributed by atoms with van der Waals surface area (Å²) >= 11 is 0. The van der Waals surface area contributed by atoms with Crippen molar-refractivity contribution in [3.8, 4) is 22.3 Å². The fourth-order valence-electron chi connectivity index (χ4n) is 6.62. The van der Waals surface area contributed by atoms with Crippen LogP contribution < -0.4 is 0 Å². The molecule has 6 aromatic rings. The number of benzene rings is 5. The molecule has 0 aliphatic heterocycles. The molecule has 0 radical (unpaired) electrons. The van der Waals surface area contributed by atoms with Gasteiger partial charge in [0.15, 0.2) is 0 Å². The average molecular weight is 418 g/mol. The van der Waals surface area contributed by atoms with Crippen LogP contribution in [-0.4, -0.2) is 4.98 Å². The third-order valence-electron chi connectivity index (χ3n) is 7.71. The topological polar surface area (TPSA) is 12.9 Å². The molecule has 1 nitrogen and oxygen atoms in total. The van der Waals surface area contributed by atoms with Gasteiger partial charge in [-0.25, -0.2) is 0 Å². The second kappa shape index (κ2) is 5.96. The molecule has 152 valence electrons. The number of nitrogens with zero attached hydrogens (tertiary/aromatic N) is 1. The summed E-state index contributed by atoms with van der Waals surface area (Å²) in [6.45, 7) is 0. The van der Waals surface area contributed by atoms with Gasteiger partial charge in [-0.15, -0.1) is 0 Å². The lowest BCUT2D eigenvalue weighted by Crippen LogP contribution is -2.26. The van der Waals surface area contributed by atoms with Crippen LogP contribution in [0, 0.1) is 0 Å². The van der Waals surface area contributed by atoms with Gasteiger partial charge in [0.05, 0.1) is 10.9 Å². The van der Waals surface area contributed by atoms with E-state index in [1.165, 1.54) is 60.7 Å². The average Bonchev–Trinajstić information content (AvgIpc) is 3.37. The number of pyridine rings is 1. The molecule has 0 fully saturated rings. The summed E-state index contributed by atoms with van der Waals surface area (Å²) in [5.74, 6) is 0. The molecule has 0 saturated carbocycles. The van der Waals surface area contributed by atoms with Crippen molar-refractivity contribution in [3.05, 3.63) is 138 Å². The smallest absolute Gasteiger partial charge is 0.0790 e. The minimum absolute atomic E-state index is 0.343. The van der Waals surface area contributed by atoms with Crippen molar-refractivity contribution in [1.29, 1.82) is 0 Å². The summed E-state index contributed by atoms with van der Waals surface area (Å²) in [5.41, 5.74) is 11.5. The predicted molar refractivity (Wildman–Crippen MR) is 136 cm³/mol. The Morgan fingerprint density at radius 2 is 0.970 bits per heavy atom. The maximum absolute atomic E-state index is 4.97. The van der Waals surface area contributed by atoms with Gasteiger partial charge in [0, 0.05) is 17.1 Å². The largest absolute Gasteiger partial charge is 0.256 e. The lowest BCUT2D eigenvalue weighted by Gasteiger charge is -2.31. The van der Waals surface area contributed by atoms with Crippen LogP contribution in [0.5, 0.6) is 0 Å². The van der Waals surface area contributed by atoms with Crippen LogP contribution in [0.25, 0.3) is 43.9 Å². The SMILES string of the molecule is c1ccc2c(c1)-c1ccccc1C21c2ccccc2-c2c1c1ccccc1c1cccnc21. The zero-order valence-corrected chi connectivity index (χ0v) is 17.9. The highest BCUT2D eigenvalue weighted by Crippen LogP contribution is 2.64. The number of hydrogen-bond donors (Lipinski definition) is 0. The first kappa shape index (κ1) is 17.3. The first-order valence-corrected chi connectivity index (χ1v) is 11.5. The molecule has 0 amide bonds. The van der Waals surface area contributed by atoms with Gasteiger partial charge in [0.2, 0.25) is 0 Å². The molecule has 0 saturated heterocycles. The zero-order valence-electron chi connectivity index (χ0n) is 17.9. The Balaban J connectivity index is 1.72. The minimum Gasteiger partial charge on any atom is -0.256 e. The summed E-state index contributed by atoms with van der Waals surface area (Å²) in [5, 5.41) is 3.81. The third-order valence-corrected chi connectivity index (χ3v) is 7.71. The number of hydrogen-bond acceptors (Lipinski definition) is 1. The van der Waals surface area contributed by atoms with E-state index in [2.05, 4.69) is 109 Å². The van der Waals surface area contributed by atoms with Crippen molar-refractivity contribution in [3.63, 3.8) is 0 Å². The number of aromatic nitrogens is 1. The van der Waals surface area contributed by atoms with Crippen LogP contribution in [0.2, 0.25) is 0 Å². The molecule has 2 aliphatic carbocycles. The second-order valence-electron chi connectivity index (χ2n) is 9.08. The fourth-order valence-corrected chi connectivity index (χ4v) is 6.62. The highest BCUT2D eigenvalue weighted by molar-refractivity contribution is 6.18. The van der Waals surface area contributed by atoms with Crippen LogP contribution >= 0.6 is 0 Å². The van der Waals surface area contributed by atoms with Gasteiger partial charge >= 0.3 is 0 Å². The number of rotatable bonds is 0. The van der Waals surface area contributed by atoms with Gasteiger partial charge in [-0.1, -0.05) is 103 Å².